The topological polar surface area (TPSA) is 4.93 Å². The highest BCUT2D eigenvalue weighted by molar-refractivity contribution is 5.87. The molecule has 0 aliphatic heterocycles. The highest BCUT2D eigenvalue weighted by atomic mass is 19.1. The lowest BCUT2D eigenvalue weighted by Crippen LogP contribution is -2.04. The Kier molecular flexibility index (Phi) is 5.60. The van der Waals surface area contributed by atoms with Crippen LogP contribution in [0.1, 0.15) is 51.8 Å². The molecule has 1 aromatic heterocycles. The van der Waals surface area contributed by atoms with Gasteiger partial charge >= 0.3 is 0 Å². The van der Waals surface area contributed by atoms with Crippen molar-refractivity contribution in [3.8, 4) is 22.4 Å². The Morgan fingerprint density at radius 1 is 0.893 bits per heavy atom. The van der Waals surface area contributed by atoms with Crippen LogP contribution in [0.4, 0.5) is 4.39 Å². The third kappa shape index (κ3) is 4.11. The van der Waals surface area contributed by atoms with E-state index in [4.69, 9.17) is 0 Å². The first-order valence-corrected chi connectivity index (χ1v) is 9.94. The minimum absolute atomic E-state index is 0.0688. The molecular weight excluding hydrogens is 345 g/mol. The second-order valence-electron chi connectivity index (χ2n) is 8.81. The molecule has 3 aromatic rings. The zero-order chi connectivity index (χ0) is 20.5. The monoisotopic (exact) mass is 375 g/mol. The molecule has 0 amide bonds. The fourth-order valence-corrected chi connectivity index (χ4v) is 3.74. The fraction of sp³-hybridized carbons (Fsp3) is 0.308. The van der Waals surface area contributed by atoms with Gasteiger partial charge in [0.15, 0.2) is 0 Å². The smallest absolute Gasteiger partial charge is 0.123 e. The molecule has 0 saturated carbocycles. The van der Waals surface area contributed by atoms with Gasteiger partial charge in [0.05, 0.1) is 5.69 Å². The second-order valence-corrected chi connectivity index (χ2v) is 8.81. The largest absolute Gasteiger partial charge is 0.319 e. The summed E-state index contributed by atoms with van der Waals surface area (Å²) in [5.41, 5.74) is 7.18. The predicted molar refractivity (Wildman–Crippen MR) is 119 cm³/mol. The molecule has 0 saturated heterocycles. The van der Waals surface area contributed by atoms with Gasteiger partial charge in [-0.1, -0.05) is 71.0 Å². The standard InChI is InChI=1S/C26H30FN/c1-18(2)24-19(3)23(20-10-8-7-9-11-20)25(21-12-14-22(27)15-13-21)28(24)17-16-26(4,5)6/h7-18H,1-6H3/b17-16+. The maximum Gasteiger partial charge on any atom is 0.123 e. The van der Waals surface area contributed by atoms with Gasteiger partial charge in [-0.15, -0.1) is 0 Å². The number of benzene rings is 2. The van der Waals surface area contributed by atoms with E-state index >= 15 is 0 Å². The van der Waals surface area contributed by atoms with Crippen LogP contribution in [0.2, 0.25) is 0 Å². The summed E-state index contributed by atoms with van der Waals surface area (Å²) in [5, 5.41) is 0. The van der Waals surface area contributed by atoms with Crippen molar-refractivity contribution in [1.29, 1.82) is 0 Å². The van der Waals surface area contributed by atoms with E-state index in [-0.39, 0.29) is 11.2 Å². The molecule has 0 bridgehead atoms. The molecule has 0 unspecified atom stereocenters. The van der Waals surface area contributed by atoms with E-state index in [1.54, 1.807) is 12.1 Å². The Hall–Kier alpha value is -2.61. The maximum absolute atomic E-state index is 13.6. The summed E-state index contributed by atoms with van der Waals surface area (Å²) in [6.07, 6.45) is 4.42. The van der Waals surface area contributed by atoms with Gasteiger partial charge in [0.1, 0.15) is 5.82 Å². The number of hydrogen-bond donors (Lipinski definition) is 0. The summed E-state index contributed by atoms with van der Waals surface area (Å²) in [5.74, 6) is 0.149. The van der Waals surface area contributed by atoms with Crippen LogP contribution in [0.5, 0.6) is 0 Å². The fourth-order valence-electron chi connectivity index (χ4n) is 3.74. The number of hydrogen-bond acceptors (Lipinski definition) is 0. The molecule has 0 fully saturated rings. The molecule has 2 aromatic carbocycles. The van der Waals surface area contributed by atoms with E-state index in [0.717, 1.165) is 11.3 Å². The highest BCUT2D eigenvalue weighted by Crippen LogP contribution is 2.41. The molecule has 28 heavy (non-hydrogen) atoms. The molecule has 0 radical (unpaired) electrons. The predicted octanol–water partition coefficient (Wildman–Crippen LogP) is 7.91. The van der Waals surface area contributed by atoms with Crippen LogP contribution in [0, 0.1) is 18.2 Å². The van der Waals surface area contributed by atoms with E-state index < -0.39 is 0 Å². The minimum Gasteiger partial charge on any atom is -0.319 e. The average Bonchev–Trinajstić information content (AvgIpc) is 2.93. The van der Waals surface area contributed by atoms with Crippen LogP contribution in [0.25, 0.3) is 28.6 Å². The zero-order valence-electron chi connectivity index (χ0n) is 17.8. The van der Waals surface area contributed by atoms with Crippen molar-refractivity contribution in [2.75, 3.05) is 0 Å². The minimum atomic E-state index is -0.214. The van der Waals surface area contributed by atoms with Crippen LogP contribution in [0.15, 0.2) is 60.7 Å². The molecule has 146 valence electrons. The molecule has 2 heteroatoms. The van der Waals surface area contributed by atoms with Gasteiger partial charge in [0.2, 0.25) is 0 Å². The summed E-state index contributed by atoms with van der Waals surface area (Å²) in [4.78, 5) is 0. The molecular formula is C26H30FN. The molecule has 0 aliphatic carbocycles. The normalized spacial score (nSPS) is 12.3. The maximum atomic E-state index is 13.6. The van der Waals surface area contributed by atoms with Crippen LogP contribution in [0.3, 0.4) is 0 Å². The third-order valence-corrected chi connectivity index (χ3v) is 4.95. The molecule has 1 heterocycles. The van der Waals surface area contributed by atoms with Crippen LogP contribution in [-0.2, 0) is 0 Å². The summed E-state index contributed by atoms with van der Waals surface area (Å²) >= 11 is 0. The quantitative estimate of drug-likeness (QED) is 0.436. The first-order chi connectivity index (χ1) is 13.2. The number of halogens is 1. The van der Waals surface area contributed by atoms with Gasteiger partial charge in [0, 0.05) is 17.5 Å². The van der Waals surface area contributed by atoms with Gasteiger partial charge in [-0.2, -0.15) is 0 Å². The lowest BCUT2D eigenvalue weighted by Gasteiger charge is -2.16. The Morgan fingerprint density at radius 2 is 1.50 bits per heavy atom. The van der Waals surface area contributed by atoms with Gasteiger partial charge in [-0.25, -0.2) is 4.39 Å². The molecule has 0 aliphatic rings. The van der Waals surface area contributed by atoms with Crippen molar-refractivity contribution in [3.05, 3.63) is 77.7 Å². The van der Waals surface area contributed by atoms with E-state index in [9.17, 15) is 4.39 Å². The van der Waals surface area contributed by atoms with E-state index in [1.807, 2.05) is 18.2 Å². The molecule has 0 spiro atoms. The van der Waals surface area contributed by atoms with Gasteiger partial charge < -0.3 is 4.57 Å². The van der Waals surface area contributed by atoms with Crippen LogP contribution < -0.4 is 0 Å². The summed E-state index contributed by atoms with van der Waals surface area (Å²) in [6, 6.07) is 17.3. The first kappa shape index (κ1) is 20.1. The molecule has 0 atom stereocenters. The average molecular weight is 376 g/mol. The lowest BCUT2D eigenvalue weighted by atomic mass is 9.96. The highest BCUT2D eigenvalue weighted by Gasteiger charge is 2.23. The second kappa shape index (κ2) is 7.79. The number of rotatable bonds is 4. The molecule has 3 rings (SSSR count). The van der Waals surface area contributed by atoms with E-state index in [1.165, 1.54) is 22.4 Å². The van der Waals surface area contributed by atoms with Crippen LogP contribution in [-0.4, -0.2) is 4.57 Å². The SMILES string of the molecule is Cc1c(-c2ccccc2)c(-c2ccc(F)cc2)n(/C=C/C(C)(C)C)c1C(C)C. The van der Waals surface area contributed by atoms with Gasteiger partial charge in [-0.05, 0) is 59.2 Å². The number of allylic oxidation sites excluding steroid dienone is 1. The van der Waals surface area contributed by atoms with E-state index in [2.05, 4.69) is 82.7 Å². The summed E-state index contributed by atoms with van der Waals surface area (Å²) < 4.78 is 15.9. The summed E-state index contributed by atoms with van der Waals surface area (Å²) in [6.45, 7) is 13.3. The summed E-state index contributed by atoms with van der Waals surface area (Å²) in [7, 11) is 0. The van der Waals surface area contributed by atoms with E-state index in [0.29, 0.717) is 5.92 Å². The number of aromatic nitrogens is 1. The Labute approximate surface area is 168 Å². The Morgan fingerprint density at radius 3 is 2.04 bits per heavy atom. The van der Waals surface area contributed by atoms with Gasteiger partial charge in [-0.3, -0.25) is 0 Å². The van der Waals surface area contributed by atoms with Gasteiger partial charge in [0.25, 0.3) is 0 Å². The number of nitrogens with zero attached hydrogens (tertiary/aromatic N) is 1. The Balaban J connectivity index is 2.39. The molecule has 0 N–H and O–H groups in total. The lowest BCUT2D eigenvalue weighted by molar-refractivity contribution is 0.545. The van der Waals surface area contributed by atoms with Crippen molar-refractivity contribution in [1.82, 2.24) is 4.57 Å². The Bertz CT molecular complexity index is 968. The van der Waals surface area contributed by atoms with Crippen molar-refractivity contribution in [2.45, 2.75) is 47.5 Å². The molecule has 1 nitrogen and oxygen atoms in total. The zero-order valence-corrected chi connectivity index (χ0v) is 17.8. The van der Waals surface area contributed by atoms with Crippen molar-refractivity contribution in [3.63, 3.8) is 0 Å². The first-order valence-electron chi connectivity index (χ1n) is 9.94. The third-order valence-electron chi connectivity index (χ3n) is 4.95. The van der Waals surface area contributed by atoms with Crippen molar-refractivity contribution >= 4 is 6.20 Å². The van der Waals surface area contributed by atoms with Crippen molar-refractivity contribution < 1.29 is 4.39 Å². The van der Waals surface area contributed by atoms with Crippen LogP contribution >= 0.6 is 0 Å². The van der Waals surface area contributed by atoms with Crippen molar-refractivity contribution in [2.24, 2.45) is 5.41 Å².